The van der Waals surface area contributed by atoms with Crippen LogP contribution in [-0.2, 0) is 32.6 Å². The summed E-state index contributed by atoms with van der Waals surface area (Å²) in [5, 5.41) is 3.41. The van der Waals surface area contributed by atoms with Gasteiger partial charge in [0, 0.05) is 22.6 Å². The Hall–Kier alpha value is -3.70. The summed E-state index contributed by atoms with van der Waals surface area (Å²) in [6.07, 6.45) is -0.325. The van der Waals surface area contributed by atoms with Gasteiger partial charge in [0.2, 0.25) is 15.9 Å². The molecular formula is C32H29BrClN3O5S. The first-order chi connectivity index (χ1) is 20.7. The Labute approximate surface area is 264 Å². The molecule has 0 bridgehead atoms. The van der Waals surface area contributed by atoms with Crippen molar-refractivity contribution in [3.8, 4) is 5.75 Å². The van der Waals surface area contributed by atoms with Crippen molar-refractivity contribution in [2.75, 3.05) is 24.5 Å². The van der Waals surface area contributed by atoms with E-state index >= 15 is 0 Å². The predicted molar refractivity (Wildman–Crippen MR) is 170 cm³/mol. The van der Waals surface area contributed by atoms with Crippen LogP contribution in [0.1, 0.15) is 11.1 Å². The number of amides is 2. The lowest BCUT2D eigenvalue weighted by molar-refractivity contribution is -0.128. The Morgan fingerprint density at radius 3 is 2.30 bits per heavy atom. The molecule has 2 amide bonds. The number of carbonyl (C=O) groups is 2. The van der Waals surface area contributed by atoms with E-state index in [0.29, 0.717) is 35.0 Å². The minimum atomic E-state index is -4.08. The quantitative estimate of drug-likeness (QED) is 0.240. The number of halogens is 2. The summed E-state index contributed by atoms with van der Waals surface area (Å²) in [4.78, 5) is 28.5. The number of hydrogen-bond acceptors (Lipinski definition) is 5. The second kappa shape index (κ2) is 13.7. The van der Waals surface area contributed by atoms with Crippen LogP contribution in [-0.4, -0.2) is 50.3 Å². The normalized spacial score (nSPS) is 14.6. The van der Waals surface area contributed by atoms with Gasteiger partial charge in [0.1, 0.15) is 5.75 Å². The van der Waals surface area contributed by atoms with Crippen molar-refractivity contribution in [2.24, 2.45) is 0 Å². The fourth-order valence-electron chi connectivity index (χ4n) is 4.71. The van der Waals surface area contributed by atoms with Crippen LogP contribution >= 0.6 is 27.5 Å². The topological polar surface area (TPSA) is 96.0 Å². The smallest absolute Gasteiger partial charge is 0.262 e. The largest absolute Gasteiger partial charge is 0.477 e. The molecule has 0 saturated heterocycles. The van der Waals surface area contributed by atoms with Gasteiger partial charge in [-0.2, -0.15) is 4.31 Å². The Balaban J connectivity index is 1.37. The van der Waals surface area contributed by atoms with Crippen LogP contribution in [0.15, 0.2) is 112 Å². The summed E-state index contributed by atoms with van der Waals surface area (Å²) in [6.45, 7) is -0.187. The maximum absolute atomic E-state index is 13.9. The van der Waals surface area contributed by atoms with Crippen molar-refractivity contribution in [1.82, 2.24) is 9.62 Å². The van der Waals surface area contributed by atoms with Crippen molar-refractivity contribution in [1.29, 1.82) is 0 Å². The van der Waals surface area contributed by atoms with Gasteiger partial charge in [0.25, 0.3) is 5.91 Å². The molecule has 8 nitrogen and oxygen atoms in total. The molecule has 11 heteroatoms. The fraction of sp³-hybridized carbons (Fsp3) is 0.188. The van der Waals surface area contributed by atoms with Crippen molar-refractivity contribution in [3.63, 3.8) is 0 Å². The van der Waals surface area contributed by atoms with Gasteiger partial charge in [-0.3, -0.25) is 9.59 Å². The molecule has 1 heterocycles. The van der Waals surface area contributed by atoms with Gasteiger partial charge in [-0.1, -0.05) is 82.1 Å². The van der Waals surface area contributed by atoms with Crippen LogP contribution in [0.3, 0.4) is 0 Å². The molecule has 0 aliphatic carbocycles. The molecule has 1 aliphatic rings. The Morgan fingerprint density at radius 1 is 0.907 bits per heavy atom. The fourth-order valence-corrected chi connectivity index (χ4v) is 6.47. The molecule has 0 spiro atoms. The number of nitrogens with zero attached hydrogens (tertiary/aromatic N) is 2. The van der Waals surface area contributed by atoms with Gasteiger partial charge < -0.3 is 15.0 Å². The molecule has 1 aliphatic heterocycles. The Bertz CT molecular complexity index is 1690. The first-order valence-electron chi connectivity index (χ1n) is 13.6. The average molecular weight is 683 g/mol. The Kier molecular flexibility index (Phi) is 9.82. The van der Waals surface area contributed by atoms with Crippen LogP contribution < -0.4 is 15.0 Å². The number of anilines is 1. The van der Waals surface area contributed by atoms with Crippen LogP contribution in [0.4, 0.5) is 5.69 Å². The minimum Gasteiger partial charge on any atom is -0.477 e. The highest BCUT2D eigenvalue weighted by molar-refractivity contribution is 9.10. The number of carbonyl (C=O) groups excluding carboxylic acids is 2. The number of fused-ring (bicyclic) bond motifs is 1. The molecule has 0 saturated carbocycles. The highest BCUT2D eigenvalue weighted by Crippen LogP contribution is 2.34. The van der Waals surface area contributed by atoms with Crippen molar-refractivity contribution in [3.05, 3.63) is 124 Å². The van der Waals surface area contributed by atoms with E-state index in [9.17, 15) is 18.0 Å². The summed E-state index contributed by atoms with van der Waals surface area (Å²) in [5.74, 6) is -0.485. The van der Waals surface area contributed by atoms with Crippen molar-refractivity contribution in [2.45, 2.75) is 24.0 Å². The number of nitrogens with one attached hydrogen (secondary N) is 1. The molecule has 0 radical (unpaired) electrons. The summed E-state index contributed by atoms with van der Waals surface area (Å²) in [5.41, 5.74) is 2.21. The monoisotopic (exact) mass is 681 g/mol. The number of hydrogen-bond donors (Lipinski definition) is 1. The number of sulfonamides is 1. The van der Waals surface area contributed by atoms with E-state index in [-0.39, 0.29) is 23.9 Å². The lowest BCUT2D eigenvalue weighted by Gasteiger charge is -2.35. The second-order valence-corrected chi connectivity index (χ2v) is 13.2. The van der Waals surface area contributed by atoms with Crippen LogP contribution in [0.25, 0.3) is 0 Å². The molecular weight excluding hydrogens is 654 g/mol. The average Bonchev–Trinajstić information content (AvgIpc) is 3.01. The third kappa shape index (κ3) is 7.64. The van der Waals surface area contributed by atoms with Crippen LogP contribution in [0.2, 0.25) is 5.02 Å². The molecule has 1 N–H and O–H groups in total. The molecule has 4 aromatic rings. The van der Waals surface area contributed by atoms with E-state index in [1.807, 2.05) is 30.3 Å². The van der Waals surface area contributed by atoms with Crippen molar-refractivity contribution < 1.29 is 22.7 Å². The van der Waals surface area contributed by atoms with Gasteiger partial charge in [0.15, 0.2) is 6.10 Å². The van der Waals surface area contributed by atoms with Crippen LogP contribution in [0, 0.1) is 0 Å². The molecule has 5 rings (SSSR count). The number of rotatable bonds is 10. The SMILES string of the molecule is O=C(NCCc1ccccc1)[C@@H]1CN(C(=O)CN(Cc2ccc(Cl)cc2)S(=O)(=O)c2ccc(Br)cc2)c2ccccc2O1. The highest BCUT2D eigenvalue weighted by Gasteiger charge is 2.36. The molecule has 43 heavy (non-hydrogen) atoms. The predicted octanol–water partition coefficient (Wildman–Crippen LogP) is 5.45. The van der Waals surface area contributed by atoms with E-state index < -0.39 is 28.6 Å². The molecule has 222 valence electrons. The zero-order valence-electron chi connectivity index (χ0n) is 23.0. The lowest BCUT2D eigenvalue weighted by atomic mass is 10.1. The van der Waals surface area contributed by atoms with E-state index in [1.54, 1.807) is 60.7 Å². The summed E-state index contributed by atoms with van der Waals surface area (Å²) >= 11 is 9.38. The first kappa shape index (κ1) is 30.7. The third-order valence-electron chi connectivity index (χ3n) is 6.96. The summed E-state index contributed by atoms with van der Waals surface area (Å²) in [6, 6.07) is 29.7. The number of ether oxygens (including phenoxy) is 1. The Morgan fingerprint density at radius 2 is 1.58 bits per heavy atom. The number of para-hydroxylation sites is 2. The summed E-state index contributed by atoms with van der Waals surface area (Å²) in [7, 11) is -4.08. The summed E-state index contributed by atoms with van der Waals surface area (Å²) < 4.78 is 35.5. The van der Waals surface area contributed by atoms with Gasteiger partial charge in [0.05, 0.1) is 23.7 Å². The molecule has 0 unspecified atom stereocenters. The lowest BCUT2D eigenvalue weighted by Crippen LogP contribution is -2.53. The molecule has 0 fully saturated rings. The van der Waals surface area contributed by atoms with Crippen LogP contribution in [0.5, 0.6) is 5.75 Å². The van der Waals surface area contributed by atoms with Gasteiger partial charge in [-0.15, -0.1) is 0 Å². The maximum atomic E-state index is 13.9. The zero-order valence-corrected chi connectivity index (χ0v) is 26.2. The van der Waals surface area contributed by atoms with Gasteiger partial charge >= 0.3 is 0 Å². The highest BCUT2D eigenvalue weighted by atomic mass is 79.9. The molecule has 0 aromatic heterocycles. The zero-order chi connectivity index (χ0) is 30.4. The second-order valence-electron chi connectivity index (χ2n) is 9.96. The van der Waals surface area contributed by atoms with Crippen molar-refractivity contribution >= 4 is 55.1 Å². The first-order valence-corrected chi connectivity index (χ1v) is 16.2. The molecule has 1 atom stereocenters. The van der Waals surface area contributed by atoms with E-state index in [4.69, 9.17) is 16.3 Å². The molecule has 4 aromatic carbocycles. The number of benzene rings is 4. The van der Waals surface area contributed by atoms with E-state index in [2.05, 4.69) is 21.2 Å². The minimum absolute atomic E-state index is 0.0514. The van der Waals surface area contributed by atoms with E-state index in [0.717, 1.165) is 14.3 Å². The third-order valence-corrected chi connectivity index (χ3v) is 9.54. The van der Waals surface area contributed by atoms with E-state index in [1.165, 1.54) is 17.0 Å². The maximum Gasteiger partial charge on any atom is 0.262 e. The standard InChI is InChI=1S/C32H29BrClN3O5S/c33-25-12-16-27(17-13-25)43(40,41)36(20-24-10-14-26(34)15-11-24)22-31(38)37-21-30(42-29-9-5-4-8-28(29)37)32(39)35-19-18-23-6-2-1-3-7-23/h1-17,30H,18-22H2,(H,35,39)/t30-/m0/s1. The van der Waals surface area contributed by atoms with Gasteiger partial charge in [-0.05, 0) is 66.1 Å². The van der Waals surface area contributed by atoms with Gasteiger partial charge in [-0.25, -0.2) is 8.42 Å².